The number of carbonyl (C=O) groups is 2. The van der Waals surface area contributed by atoms with Gasteiger partial charge in [-0.05, 0) is 60.3 Å². The quantitative estimate of drug-likeness (QED) is 0.531. The summed E-state index contributed by atoms with van der Waals surface area (Å²) in [5, 5.41) is 10.9. The fourth-order valence-electron chi connectivity index (χ4n) is 2.46. The van der Waals surface area contributed by atoms with Crippen LogP contribution in [0.1, 0.15) is 15.9 Å². The van der Waals surface area contributed by atoms with Gasteiger partial charge in [-0.25, -0.2) is 0 Å². The summed E-state index contributed by atoms with van der Waals surface area (Å²) < 4.78 is 10.3. The lowest BCUT2D eigenvalue weighted by atomic mass is 10.2. The standard InChI is InChI=1S/C19H15ClN2O5S2/c1-26-12-5-3-11(4-6-12)17(24)21-22-18(25)15(29-19(22)28)9-10-7-13(20)16(23)14(8-10)27-2/h3-9,23H,1-2H3,(H,21,24)/b15-9-. The molecule has 1 heterocycles. The van der Waals surface area contributed by atoms with Crippen molar-refractivity contribution in [1.82, 2.24) is 10.4 Å². The molecule has 10 heteroatoms. The Morgan fingerprint density at radius 3 is 2.55 bits per heavy atom. The largest absolute Gasteiger partial charge is 0.503 e. The summed E-state index contributed by atoms with van der Waals surface area (Å²) >= 11 is 12.2. The molecule has 0 aliphatic carbocycles. The number of amides is 2. The molecule has 2 amide bonds. The normalized spacial score (nSPS) is 15.0. The first-order valence-corrected chi connectivity index (χ1v) is 9.73. The SMILES string of the molecule is COc1ccc(C(=O)NN2C(=O)/C(=C/c3cc(Cl)c(O)c(OC)c3)SC2=S)cc1. The Morgan fingerprint density at radius 2 is 1.93 bits per heavy atom. The van der Waals surface area contributed by atoms with Crippen LogP contribution in [0.4, 0.5) is 0 Å². The van der Waals surface area contributed by atoms with Crippen LogP contribution in [0.5, 0.6) is 17.2 Å². The van der Waals surface area contributed by atoms with Gasteiger partial charge in [0.15, 0.2) is 15.8 Å². The number of halogens is 1. The van der Waals surface area contributed by atoms with Gasteiger partial charge < -0.3 is 14.6 Å². The second kappa shape index (κ2) is 8.73. The smallest absolute Gasteiger partial charge is 0.285 e. The van der Waals surface area contributed by atoms with Crippen LogP contribution in [0.25, 0.3) is 6.08 Å². The van der Waals surface area contributed by atoms with E-state index in [-0.39, 0.29) is 25.7 Å². The molecule has 150 valence electrons. The third kappa shape index (κ3) is 4.47. The highest BCUT2D eigenvalue weighted by atomic mass is 35.5. The molecule has 3 rings (SSSR count). The predicted octanol–water partition coefficient (Wildman–Crippen LogP) is 3.61. The lowest BCUT2D eigenvalue weighted by molar-refractivity contribution is -0.123. The van der Waals surface area contributed by atoms with Crippen molar-refractivity contribution in [1.29, 1.82) is 0 Å². The first-order valence-electron chi connectivity index (χ1n) is 8.13. The van der Waals surface area contributed by atoms with Crippen molar-refractivity contribution in [2.45, 2.75) is 0 Å². The molecule has 2 aromatic rings. The van der Waals surface area contributed by atoms with E-state index in [0.29, 0.717) is 16.9 Å². The number of nitrogens with zero attached hydrogens (tertiary/aromatic N) is 1. The maximum atomic E-state index is 12.7. The van der Waals surface area contributed by atoms with Crippen molar-refractivity contribution in [2.75, 3.05) is 14.2 Å². The number of thioether (sulfide) groups is 1. The number of methoxy groups -OCH3 is 2. The van der Waals surface area contributed by atoms with Gasteiger partial charge in [0.2, 0.25) is 0 Å². The topological polar surface area (TPSA) is 88.1 Å². The minimum absolute atomic E-state index is 0.0823. The summed E-state index contributed by atoms with van der Waals surface area (Å²) in [5.74, 6) is -0.375. The lowest BCUT2D eigenvalue weighted by Gasteiger charge is -2.15. The molecular formula is C19H15ClN2O5S2. The van der Waals surface area contributed by atoms with Crippen molar-refractivity contribution in [3.8, 4) is 17.2 Å². The third-order valence-corrected chi connectivity index (χ3v) is 5.52. The van der Waals surface area contributed by atoms with Crippen LogP contribution in [0.2, 0.25) is 5.02 Å². The number of aromatic hydroxyl groups is 1. The molecular weight excluding hydrogens is 436 g/mol. The zero-order valence-corrected chi connectivity index (χ0v) is 17.7. The summed E-state index contributed by atoms with van der Waals surface area (Å²) in [6.07, 6.45) is 1.55. The van der Waals surface area contributed by atoms with Crippen LogP contribution < -0.4 is 14.9 Å². The summed E-state index contributed by atoms with van der Waals surface area (Å²) in [6, 6.07) is 9.45. The van der Waals surface area contributed by atoms with Crippen LogP contribution in [0.15, 0.2) is 41.3 Å². The summed E-state index contributed by atoms with van der Waals surface area (Å²) in [4.78, 5) is 25.4. The molecule has 0 bridgehead atoms. The van der Waals surface area contributed by atoms with E-state index < -0.39 is 11.8 Å². The van der Waals surface area contributed by atoms with E-state index in [4.69, 9.17) is 33.3 Å². The third-order valence-electron chi connectivity index (χ3n) is 3.93. The molecule has 1 fully saturated rings. The monoisotopic (exact) mass is 450 g/mol. The molecule has 29 heavy (non-hydrogen) atoms. The molecule has 2 N–H and O–H groups in total. The highest BCUT2D eigenvalue weighted by Gasteiger charge is 2.34. The van der Waals surface area contributed by atoms with Crippen molar-refractivity contribution >= 4 is 57.8 Å². The molecule has 0 aromatic heterocycles. The Morgan fingerprint density at radius 1 is 1.24 bits per heavy atom. The van der Waals surface area contributed by atoms with E-state index in [1.807, 2.05) is 0 Å². The summed E-state index contributed by atoms with van der Waals surface area (Å²) in [7, 11) is 2.92. The maximum Gasteiger partial charge on any atom is 0.285 e. The van der Waals surface area contributed by atoms with Gasteiger partial charge in [-0.15, -0.1) is 0 Å². The fourth-order valence-corrected chi connectivity index (χ4v) is 3.86. The van der Waals surface area contributed by atoms with E-state index in [9.17, 15) is 14.7 Å². The molecule has 1 saturated heterocycles. The number of benzene rings is 2. The first kappa shape index (κ1) is 21.0. The van der Waals surface area contributed by atoms with Crippen LogP contribution >= 0.6 is 35.6 Å². The fraction of sp³-hybridized carbons (Fsp3) is 0.105. The van der Waals surface area contributed by atoms with E-state index >= 15 is 0 Å². The molecule has 0 atom stereocenters. The molecule has 0 radical (unpaired) electrons. The Balaban J connectivity index is 1.79. The number of nitrogens with one attached hydrogen (secondary N) is 1. The Labute approximate surface area is 181 Å². The zero-order valence-electron chi connectivity index (χ0n) is 15.3. The van der Waals surface area contributed by atoms with Gasteiger partial charge in [0.25, 0.3) is 11.8 Å². The summed E-state index contributed by atoms with van der Waals surface area (Å²) in [5.41, 5.74) is 3.38. The highest BCUT2D eigenvalue weighted by molar-refractivity contribution is 8.26. The van der Waals surface area contributed by atoms with E-state index in [1.54, 1.807) is 30.3 Å². The molecule has 0 spiro atoms. The number of ether oxygens (including phenoxy) is 2. The number of rotatable bonds is 5. The van der Waals surface area contributed by atoms with Gasteiger partial charge in [0, 0.05) is 5.56 Å². The second-order valence-corrected chi connectivity index (χ2v) is 7.82. The Kier molecular flexibility index (Phi) is 6.31. The molecule has 1 aliphatic rings. The van der Waals surface area contributed by atoms with Crippen molar-refractivity contribution in [3.05, 3.63) is 57.5 Å². The van der Waals surface area contributed by atoms with E-state index in [1.165, 1.54) is 26.4 Å². The Bertz CT molecular complexity index is 1020. The van der Waals surface area contributed by atoms with E-state index in [0.717, 1.165) is 16.8 Å². The number of hydrogen-bond donors (Lipinski definition) is 2. The van der Waals surface area contributed by atoms with Gasteiger partial charge in [0.05, 0.1) is 24.1 Å². The van der Waals surface area contributed by atoms with Crippen molar-refractivity contribution in [3.63, 3.8) is 0 Å². The van der Waals surface area contributed by atoms with Gasteiger partial charge in [0.1, 0.15) is 5.75 Å². The van der Waals surface area contributed by atoms with Gasteiger partial charge >= 0.3 is 0 Å². The zero-order chi connectivity index (χ0) is 21.1. The van der Waals surface area contributed by atoms with Crippen LogP contribution in [-0.2, 0) is 4.79 Å². The maximum absolute atomic E-state index is 12.7. The van der Waals surface area contributed by atoms with Crippen LogP contribution in [0, 0.1) is 0 Å². The lowest BCUT2D eigenvalue weighted by Crippen LogP contribution is -2.44. The first-order chi connectivity index (χ1) is 13.8. The van der Waals surface area contributed by atoms with Gasteiger partial charge in [-0.1, -0.05) is 23.4 Å². The number of phenols is 1. The minimum Gasteiger partial charge on any atom is -0.503 e. The number of thiocarbonyl (C=S) groups is 1. The van der Waals surface area contributed by atoms with E-state index in [2.05, 4.69) is 5.43 Å². The molecule has 2 aromatic carbocycles. The molecule has 0 saturated carbocycles. The highest BCUT2D eigenvalue weighted by Crippen LogP contribution is 2.37. The number of carbonyl (C=O) groups excluding carboxylic acids is 2. The molecule has 0 unspecified atom stereocenters. The molecule has 7 nitrogen and oxygen atoms in total. The average molecular weight is 451 g/mol. The van der Waals surface area contributed by atoms with Crippen molar-refractivity contribution in [2.24, 2.45) is 0 Å². The number of hydrazine groups is 1. The average Bonchev–Trinajstić information content (AvgIpc) is 2.97. The minimum atomic E-state index is -0.487. The number of hydrogen-bond acceptors (Lipinski definition) is 7. The Hall–Kier alpha value is -2.75. The van der Waals surface area contributed by atoms with Gasteiger partial charge in [-0.3, -0.25) is 15.0 Å². The second-order valence-electron chi connectivity index (χ2n) is 5.74. The summed E-state index contributed by atoms with van der Waals surface area (Å²) in [6.45, 7) is 0. The van der Waals surface area contributed by atoms with Crippen LogP contribution in [-0.4, -0.2) is 40.5 Å². The van der Waals surface area contributed by atoms with Crippen LogP contribution in [0.3, 0.4) is 0 Å². The predicted molar refractivity (Wildman–Crippen MR) is 115 cm³/mol. The van der Waals surface area contributed by atoms with Crippen molar-refractivity contribution < 1.29 is 24.2 Å². The molecule has 1 aliphatic heterocycles. The van der Waals surface area contributed by atoms with Gasteiger partial charge in [-0.2, -0.15) is 5.01 Å². The number of phenolic OH excluding ortho intramolecular Hbond substituents is 1.